The fourth-order valence-corrected chi connectivity index (χ4v) is 3.88. The molecule has 0 spiro atoms. The molecular weight excluding hydrogens is 440 g/mol. The molecule has 2 aromatic rings. The summed E-state index contributed by atoms with van der Waals surface area (Å²) in [5, 5.41) is 15.9. The summed E-state index contributed by atoms with van der Waals surface area (Å²) in [4.78, 5) is 11.9. The van der Waals surface area contributed by atoms with E-state index in [0.29, 0.717) is 24.9 Å². The van der Waals surface area contributed by atoms with E-state index in [2.05, 4.69) is 22.2 Å². The summed E-state index contributed by atoms with van der Waals surface area (Å²) in [5.74, 6) is 1.37. The molecule has 2 heterocycles. The molecule has 1 aliphatic rings. The summed E-state index contributed by atoms with van der Waals surface area (Å²) in [6.45, 7) is 6.24. The molecule has 0 saturated carbocycles. The second-order valence-corrected chi connectivity index (χ2v) is 8.48. The number of likely N-dealkylation sites (tertiary alicyclic amines) is 1. The predicted octanol–water partition coefficient (Wildman–Crippen LogP) is 5.33. The molecule has 0 unspecified atom stereocenters. The van der Waals surface area contributed by atoms with E-state index in [4.69, 9.17) is 20.5 Å². The lowest BCUT2D eigenvalue weighted by Gasteiger charge is -2.14. The number of rotatable bonds is 12. The van der Waals surface area contributed by atoms with E-state index in [9.17, 15) is 0 Å². The number of halogens is 1. The molecule has 1 aromatic carbocycles. The van der Waals surface area contributed by atoms with Gasteiger partial charge in [0.15, 0.2) is 5.96 Å². The molecule has 0 bridgehead atoms. The van der Waals surface area contributed by atoms with Gasteiger partial charge in [-0.15, -0.1) is 12.4 Å². The number of nitrogens with two attached hydrogens (primary N) is 1. The van der Waals surface area contributed by atoms with Gasteiger partial charge in [-0.3, -0.25) is 5.41 Å². The van der Waals surface area contributed by atoms with E-state index in [1.54, 1.807) is 0 Å². The smallest absolute Gasteiger partial charge is 0.231 e. The van der Waals surface area contributed by atoms with Crippen LogP contribution in [0.3, 0.4) is 0 Å². The first kappa shape index (κ1) is 26.6. The maximum atomic E-state index is 7.56. The van der Waals surface area contributed by atoms with Crippen LogP contribution in [0.15, 0.2) is 33.9 Å². The van der Waals surface area contributed by atoms with Crippen LogP contribution in [0.4, 0.5) is 0 Å². The highest BCUT2D eigenvalue weighted by Gasteiger charge is 2.29. The first-order valence-corrected chi connectivity index (χ1v) is 11.8. The Hall–Kier alpha value is -2.61. The first-order valence-electron chi connectivity index (χ1n) is 11.8. The van der Waals surface area contributed by atoms with Crippen molar-refractivity contribution >= 4 is 24.1 Å². The summed E-state index contributed by atoms with van der Waals surface area (Å²) in [7, 11) is 0. The van der Waals surface area contributed by atoms with Gasteiger partial charge in [-0.25, -0.2) is 0 Å². The van der Waals surface area contributed by atoms with Crippen LogP contribution in [-0.2, 0) is 4.84 Å². The third-order valence-corrected chi connectivity index (χ3v) is 5.92. The van der Waals surface area contributed by atoms with Crippen LogP contribution < -0.4 is 5.73 Å². The number of guanidine groups is 1. The molecule has 33 heavy (non-hydrogen) atoms. The number of aromatic nitrogens is 2. The Morgan fingerprint density at radius 1 is 1.18 bits per heavy atom. The summed E-state index contributed by atoms with van der Waals surface area (Å²) in [5.41, 5.74) is 8.31. The monoisotopic (exact) mass is 476 g/mol. The maximum Gasteiger partial charge on any atom is 0.231 e. The number of hydrogen-bond donors (Lipinski definition) is 2. The zero-order valence-corrected chi connectivity index (χ0v) is 20.6. The fraction of sp³-hybridized carbons (Fsp3) is 0.583. The van der Waals surface area contributed by atoms with Gasteiger partial charge < -0.3 is 20.0 Å². The minimum atomic E-state index is 0. The fourth-order valence-electron chi connectivity index (χ4n) is 3.88. The van der Waals surface area contributed by atoms with E-state index < -0.39 is 0 Å². The SMILES string of the molecule is CCCCCCCCCON=C(C)c1ccc(-c2noc([C@@H]3CCN(C(=N)N)C3)n2)cc1.Cl. The third kappa shape index (κ3) is 8.03. The first-order chi connectivity index (χ1) is 15.6. The van der Waals surface area contributed by atoms with Gasteiger partial charge >= 0.3 is 0 Å². The van der Waals surface area contributed by atoms with E-state index >= 15 is 0 Å². The van der Waals surface area contributed by atoms with Gasteiger partial charge in [0.2, 0.25) is 11.7 Å². The molecule has 0 amide bonds. The molecule has 1 aliphatic heterocycles. The molecule has 9 heteroatoms. The highest BCUT2D eigenvalue weighted by Crippen LogP contribution is 2.27. The molecule has 3 rings (SSSR count). The summed E-state index contributed by atoms with van der Waals surface area (Å²) in [6, 6.07) is 7.92. The van der Waals surface area contributed by atoms with E-state index in [1.807, 2.05) is 36.1 Å². The molecule has 0 radical (unpaired) electrons. The van der Waals surface area contributed by atoms with E-state index in [0.717, 1.165) is 36.2 Å². The third-order valence-electron chi connectivity index (χ3n) is 5.92. The van der Waals surface area contributed by atoms with Crippen molar-refractivity contribution in [3.63, 3.8) is 0 Å². The van der Waals surface area contributed by atoms with Crippen molar-refractivity contribution < 1.29 is 9.36 Å². The number of hydrogen-bond acceptors (Lipinski definition) is 6. The van der Waals surface area contributed by atoms with Crippen molar-refractivity contribution in [2.45, 2.75) is 71.1 Å². The molecule has 8 nitrogen and oxygen atoms in total. The van der Waals surface area contributed by atoms with Gasteiger partial charge in [-0.2, -0.15) is 4.98 Å². The average Bonchev–Trinajstić information content (AvgIpc) is 3.48. The van der Waals surface area contributed by atoms with Crippen LogP contribution in [-0.4, -0.2) is 46.4 Å². The number of nitrogens with zero attached hydrogens (tertiary/aromatic N) is 4. The maximum absolute atomic E-state index is 7.56. The molecule has 1 aromatic heterocycles. The second-order valence-electron chi connectivity index (χ2n) is 8.48. The minimum Gasteiger partial charge on any atom is -0.396 e. The van der Waals surface area contributed by atoms with Gasteiger partial charge in [0.05, 0.1) is 11.6 Å². The van der Waals surface area contributed by atoms with Crippen LogP contribution >= 0.6 is 12.4 Å². The van der Waals surface area contributed by atoms with Crippen molar-refractivity contribution in [2.75, 3.05) is 19.7 Å². The van der Waals surface area contributed by atoms with Crippen molar-refractivity contribution in [3.05, 3.63) is 35.7 Å². The van der Waals surface area contributed by atoms with Crippen LogP contribution in [0.2, 0.25) is 0 Å². The Morgan fingerprint density at radius 3 is 2.55 bits per heavy atom. The number of benzene rings is 1. The predicted molar refractivity (Wildman–Crippen MR) is 134 cm³/mol. The largest absolute Gasteiger partial charge is 0.396 e. The zero-order chi connectivity index (χ0) is 22.8. The Morgan fingerprint density at radius 2 is 1.88 bits per heavy atom. The number of nitrogens with one attached hydrogen (secondary N) is 1. The van der Waals surface area contributed by atoms with Crippen molar-refractivity contribution in [1.29, 1.82) is 5.41 Å². The van der Waals surface area contributed by atoms with Crippen LogP contribution in [0.5, 0.6) is 0 Å². The van der Waals surface area contributed by atoms with E-state index in [-0.39, 0.29) is 24.3 Å². The Kier molecular flexibility index (Phi) is 11.2. The number of oxime groups is 1. The lowest BCUT2D eigenvalue weighted by atomic mass is 10.1. The summed E-state index contributed by atoms with van der Waals surface area (Å²) < 4.78 is 5.48. The normalized spacial score (nSPS) is 16.0. The molecule has 1 fully saturated rings. The molecule has 1 saturated heterocycles. The zero-order valence-electron chi connectivity index (χ0n) is 19.8. The van der Waals surface area contributed by atoms with Crippen LogP contribution in [0, 0.1) is 5.41 Å². The molecule has 1 atom stereocenters. The highest BCUT2D eigenvalue weighted by molar-refractivity contribution is 5.98. The number of unbranched alkanes of at least 4 members (excludes halogenated alkanes) is 6. The average molecular weight is 477 g/mol. The molecular formula is C24H37ClN6O2. The van der Waals surface area contributed by atoms with Gasteiger partial charge in [0.1, 0.15) is 6.61 Å². The second kappa shape index (κ2) is 13.8. The summed E-state index contributed by atoms with van der Waals surface area (Å²) in [6.07, 6.45) is 9.68. The van der Waals surface area contributed by atoms with Gasteiger partial charge in [0.25, 0.3) is 0 Å². The van der Waals surface area contributed by atoms with Crippen molar-refractivity contribution in [1.82, 2.24) is 15.0 Å². The molecule has 182 valence electrons. The van der Waals surface area contributed by atoms with Gasteiger partial charge in [-0.1, -0.05) is 73.6 Å². The van der Waals surface area contributed by atoms with Crippen molar-refractivity contribution in [2.24, 2.45) is 10.9 Å². The standard InChI is InChI=1S/C24H36N6O2.ClH/c1-3-4-5-6-7-8-9-16-31-28-18(2)19-10-12-20(13-11-19)22-27-23(32-29-22)21-14-15-30(17-21)24(25)26;/h10-13,21H,3-9,14-17H2,1-2H3,(H3,25,26);1H/t21-;/m1./s1. The van der Waals surface area contributed by atoms with Gasteiger partial charge in [0, 0.05) is 18.7 Å². The Labute approximate surface area is 202 Å². The quantitative estimate of drug-likeness (QED) is 0.185. The lowest BCUT2D eigenvalue weighted by molar-refractivity contribution is 0.139. The highest BCUT2D eigenvalue weighted by atomic mass is 35.5. The minimum absolute atomic E-state index is 0. The molecule has 0 aliphatic carbocycles. The van der Waals surface area contributed by atoms with E-state index in [1.165, 1.54) is 38.5 Å². The Bertz CT molecular complexity index is 883. The molecule has 3 N–H and O–H groups in total. The van der Waals surface area contributed by atoms with Crippen molar-refractivity contribution in [3.8, 4) is 11.4 Å². The summed E-state index contributed by atoms with van der Waals surface area (Å²) >= 11 is 0. The lowest BCUT2D eigenvalue weighted by Crippen LogP contribution is -2.34. The van der Waals surface area contributed by atoms with Crippen LogP contribution in [0.1, 0.15) is 82.6 Å². The van der Waals surface area contributed by atoms with Crippen LogP contribution in [0.25, 0.3) is 11.4 Å². The Balaban J connectivity index is 0.00000385. The topological polar surface area (TPSA) is 114 Å². The van der Waals surface area contributed by atoms with Gasteiger partial charge in [-0.05, 0) is 31.7 Å².